The molecule has 0 amide bonds. The normalized spacial score (nSPS) is 16.1. The lowest BCUT2D eigenvalue weighted by atomic mass is 9.94. The van der Waals surface area contributed by atoms with Gasteiger partial charge in [-0.2, -0.15) is 5.26 Å². The average molecular weight is 291 g/mol. The first-order valence-electron chi connectivity index (χ1n) is 7.22. The Morgan fingerprint density at radius 2 is 2.10 bits per heavy atom. The average Bonchev–Trinajstić information content (AvgIpc) is 2.83. The van der Waals surface area contributed by atoms with Crippen LogP contribution >= 0.6 is 11.3 Å². The Morgan fingerprint density at radius 3 is 2.60 bits per heavy atom. The second kappa shape index (κ2) is 6.27. The minimum absolute atomic E-state index is 0.0266. The first-order chi connectivity index (χ1) is 9.62. The zero-order valence-corrected chi connectivity index (χ0v) is 12.9. The number of anilines is 2. The molecular formula is C15H21N3OS. The molecule has 1 aromatic heterocycles. The van der Waals surface area contributed by atoms with E-state index >= 15 is 0 Å². The van der Waals surface area contributed by atoms with Crippen molar-refractivity contribution in [3.8, 4) is 6.07 Å². The molecule has 0 spiro atoms. The molecule has 0 unspecified atom stereocenters. The van der Waals surface area contributed by atoms with Crippen molar-refractivity contribution in [2.75, 3.05) is 23.7 Å². The van der Waals surface area contributed by atoms with Gasteiger partial charge in [0.25, 0.3) is 0 Å². The molecule has 2 heterocycles. The molecule has 0 bridgehead atoms. The second-order valence-corrected chi connectivity index (χ2v) is 6.25. The summed E-state index contributed by atoms with van der Waals surface area (Å²) < 4.78 is 0. The SMILES string of the molecule is CCC(=O)c1sc(N2CCC(CC)CC2)c(C#N)c1N. The van der Waals surface area contributed by atoms with Crippen LogP contribution in [0.3, 0.4) is 0 Å². The van der Waals surface area contributed by atoms with Crippen molar-refractivity contribution in [2.24, 2.45) is 5.92 Å². The molecule has 20 heavy (non-hydrogen) atoms. The minimum atomic E-state index is 0.0266. The van der Waals surface area contributed by atoms with E-state index < -0.39 is 0 Å². The van der Waals surface area contributed by atoms with Crippen LogP contribution in [0.1, 0.15) is 54.8 Å². The number of piperidine rings is 1. The van der Waals surface area contributed by atoms with Crippen LogP contribution in [0.4, 0.5) is 10.7 Å². The molecule has 1 saturated heterocycles. The Hall–Kier alpha value is -1.54. The molecular weight excluding hydrogens is 270 g/mol. The molecule has 0 saturated carbocycles. The van der Waals surface area contributed by atoms with Crippen molar-refractivity contribution in [3.63, 3.8) is 0 Å². The van der Waals surface area contributed by atoms with Gasteiger partial charge in [-0.05, 0) is 18.8 Å². The van der Waals surface area contributed by atoms with E-state index in [0.29, 0.717) is 22.5 Å². The summed E-state index contributed by atoms with van der Waals surface area (Å²) in [4.78, 5) is 14.7. The Bertz CT molecular complexity index is 536. The zero-order valence-electron chi connectivity index (χ0n) is 12.1. The number of nitriles is 1. The van der Waals surface area contributed by atoms with E-state index in [-0.39, 0.29) is 5.78 Å². The van der Waals surface area contributed by atoms with Crippen LogP contribution in [0.2, 0.25) is 0 Å². The molecule has 0 atom stereocenters. The maximum Gasteiger partial charge on any atom is 0.174 e. The van der Waals surface area contributed by atoms with E-state index in [1.54, 1.807) is 0 Å². The Kier molecular flexibility index (Phi) is 4.66. The molecule has 2 rings (SSSR count). The maximum absolute atomic E-state index is 11.9. The van der Waals surface area contributed by atoms with Crippen LogP contribution in [0.25, 0.3) is 0 Å². The highest BCUT2D eigenvalue weighted by molar-refractivity contribution is 7.19. The molecule has 108 valence electrons. The number of nitrogens with two attached hydrogens (primary N) is 1. The Morgan fingerprint density at radius 1 is 1.45 bits per heavy atom. The number of carbonyl (C=O) groups is 1. The molecule has 1 aliphatic rings. The summed E-state index contributed by atoms with van der Waals surface area (Å²) in [6, 6.07) is 2.18. The predicted octanol–water partition coefficient (Wildman–Crippen LogP) is 3.42. The smallest absolute Gasteiger partial charge is 0.174 e. The van der Waals surface area contributed by atoms with Crippen molar-refractivity contribution in [1.29, 1.82) is 5.26 Å². The van der Waals surface area contributed by atoms with E-state index in [1.165, 1.54) is 17.8 Å². The fourth-order valence-corrected chi connectivity index (χ4v) is 3.91. The van der Waals surface area contributed by atoms with Crippen molar-refractivity contribution in [2.45, 2.75) is 39.5 Å². The summed E-state index contributed by atoms with van der Waals surface area (Å²) >= 11 is 1.39. The van der Waals surface area contributed by atoms with Crippen LogP contribution in [-0.2, 0) is 0 Å². The summed E-state index contributed by atoms with van der Waals surface area (Å²) in [7, 11) is 0. The fourth-order valence-electron chi connectivity index (χ4n) is 2.67. The van der Waals surface area contributed by atoms with Crippen LogP contribution in [0.5, 0.6) is 0 Å². The van der Waals surface area contributed by atoms with Gasteiger partial charge in [0.1, 0.15) is 16.6 Å². The largest absolute Gasteiger partial charge is 0.396 e. The molecule has 1 aromatic rings. The molecule has 1 fully saturated rings. The van der Waals surface area contributed by atoms with Crippen molar-refractivity contribution in [1.82, 2.24) is 0 Å². The fraction of sp³-hybridized carbons (Fsp3) is 0.600. The summed E-state index contributed by atoms with van der Waals surface area (Å²) in [5.41, 5.74) is 6.85. The zero-order chi connectivity index (χ0) is 14.7. The van der Waals surface area contributed by atoms with Crippen LogP contribution < -0.4 is 10.6 Å². The Labute approximate surface area is 124 Å². The highest BCUT2D eigenvalue weighted by Crippen LogP contribution is 2.40. The lowest BCUT2D eigenvalue weighted by Gasteiger charge is -2.32. The standard InChI is InChI=1S/C15H21N3OS/c1-3-10-5-7-18(8-6-10)15-11(9-16)13(17)14(20-15)12(19)4-2/h10H,3-8,17H2,1-2H3. The van der Waals surface area contributed by atoms with E-state index in [1.807, 2.05) is 6.92 Å². The lowest BCUT2D eigenvalue weighted by molar-refractivity contribution is 0.0993. The summed E-state index contributed by atoms with van der Waals surface area (Å²) in [6.07, 6.45) is 3.94. The quantitative estimate of drug-likeness (QED) is 0.863. The molecule has 0 aromatic carbocycles. The van der Waals surface area contributed by atoms with Gasteiger partial charge in [0, 0.05) is 19.5 Å². The van der Waals surface area contributed by atoms with Gasteiger partial charge in [-0.25, -0.2) is 0 Å². The highest BCUT2D eigenvalue weighted by Gasteiger charge is 2.26. The Balaban J connectivity index is 2.28. The van der Waals surface area contributed by atoms with E-state index in [0.717, 1.165) is 36.9 Å². The van der Waals surface area contributed by atoms with Crippen molar-refractivity contribution < 1.29 is 4.79 Å². The van der Waals surface area contributed by atoms with Crippen LogP contribution in [-0.4, -0.2) is 18.9 Å². The van der Waals surface area contributed by atoms with Crippen molar-refractivity contribution >= 4 is 27.8 Å². The van der Waals surface area contributed by atoms with Gasteiger partial charge in [-0.3, -0.25) is 4.79 Å². The minimum Gasteiger partial charge on any atom is -0.396 e. The molecule has 2 N–H and O–H groups in total. The van der Waals surface area contributed by atoms with Crippen LogP contribution in [0.15, 0.2) is 0 Å². The lowest BCUT2D eigenvalue weighted by Crippen LogP contribution is -2.33. The topological polar surface area (TPSA) is 70.1 Å². The summed E-state index contributed by atoms with van der Waals surface area (Å²) in [5, 5.41) is 10.2. The number of rotatable bonds is 4. The molecule has 0 aliphatic carbocycles. The number of nitrogen functional groups attached to an aromatic ring is 1. The predicted molar refractivity (Wildman–Crippen MR) is 83.3 cm³/mol. The monoisotopic (exact) mass is 291 g/mol. The van der Waals surface area contributed by atoms with E-state index in [9.17, 15) is 10.1 Å². The number of hydrogen-bond donors (Lipinski definition) is 1. The number of ketones is 1. The summed E-state index contributed by atoms with van der Waals surface area (Å²) in [6.45, 7) is 5.95. The molecule has 5 heteroatoms. The first-order valence-corrected chi connectivity index (χ1v) is 8.04. The number of nitrogens with zero attached hydrogens (tertiary/aromatic N) is 2. The van der Waals surface area contributed by atoms with Gasteiger partial charge in [0.05, 0.1) is 10.6 Å². The number of hydrogen-bond acceptors (Lipinski definition) is 5. The maximum atomic E-state index is 11.9. The van der Waals surface area contributed by atoms with Crippen molar-refractivity contribution in [3.05, 3.63) is 10.4 Å². The third-order valence-electron chi connectivity index (χ3n) is 4.09. The number of thiophene rings is 1. The van der Waals surface area contributed by atoms with Gasteiger partial charge in [0.2, 0.25) is 0 Å². The molecule has 4 nitrogen and oxygen atoms in total. The van der Waals surface area contributed by atoms with Gasteiger partial charge in [0.15, 0.2) is 5.78 Å². The molecule has 0 radical (unpaired) electrons. The number of Topliss-reactive ketones (excluding diaryl/α,β-unsaturated/α-hetero) is 1. The second-order valence-electron chi connectivity index (χ2n) is 5.25. The van der Waals surface area contributed by atoms with Gasteiger partial charge < -0.3 is 10.6 Å². The third-order valence-corrected chi connectivity index (χ3v) is 5.40. The van der Waals surface area contributed by atoms with Crippen LogP contribution in [0, 0.1) is 17.2 Å². The van der Waals surface area contributed by atoms with E-state index in [2.05, 4.69) is 17.9 Å². The van der Waals surface area contributed by atoms with E-state index in [4.69, 9.17) is 5.73 Å². The third kappa shape index (κ3) is 2.66. The summed E-state index contributed by atoms with van der Waals surface area (Å²) in [5.74, 6) is 0.810. The van der Waals surface area contributed by atoms with Gasteiger partial charge >= 0.3 is 0 Å². The molecule has 1 aliphatic heterocycles. The highest BCUT2D eigenvalue weighted by atomic mass is 32.1. The number of carbonyl (C=O) groups excluding carboxylic acids is 1. The first kappa shape index (κ1) is 14.9. The van der Waals surface area contributed by atoms with Gasteiger partial charge in [-0.15, -0.1) is 11.3 Å². The van der Waals surface area contributed by atoms with Gasteiger partial charge in [-0.1, -0.05) is 20.3 Å².